The Labute approximate surface area is 158 Å². The van der Waals surface area contributed by atoms with E-state index in [-0.39, 0.29) is 5.91 Å². The van der Waals surface area contributed by atoms with Crippen LogP contribution in [0.5, 0.6) is 11.5 Å². The summed E-state index contributed by atoms with van der Waals surface area (Å²) < 4.78 is 10.5. The maximum atomic E-state index is 12.4. The van der Waals surface area contributed by atoms with E-state index in [1.807, 2.05) is 19.1 Å². The van der Waals surface area contributed by atoms with E-state index in [9.17, 15) is 9.59 Å². The van der Waals surface area contributed by atoms with Crippen LogP contribution in [0.1, 0.15) is 18.4 Å². The van der Waals surface area contributed by atoms with Crippen LogP contribution in [0.2, 0.25) is 0 Å². The van der Waals surface area contributed by atoms with Crippen molar-refractivity contribution in [2.45, 2.75) is 19.8 Å². The molecule has 142 valence electrons. The van der Waals surface area contributed by atoms with Crippen molar-refractivity contribution in [1.82, 2.24) is 0 Å². The van der Waals surface area contributed by atoms with E-state index in [0.717, 1.165) is 24.2 Å². The van der Waals surface area contributed by atoms with Crippen molar-refractivity contribution >= 4 is 29.0 Å². The molecule has 1 aliphatic rings. The first-order valence-electron chi connectivity index (χ1n) is 8.73. The van der Waals surface area contributed by atoms with Crippen LogP contribution in [0.25, 0.3) is 0 Å². The molecule has 0 aliphatic carbocycles. The maximum Gasteiger partial charge on any atom is 0.323 e. The Morgan fingerprint density at radius 1 is 1.11 bits per heavy atom. The number of methoxy groups -OCH3 is 2. The predicted molar refractivity (Wildman–Crippen MR) is 105 cm³/mol. The highest BCUT2D eigenvalue weighted by Gasteiger charge is 2.23. The Kier molecular flexibility index (Phi) is 5.49. The van der Waals surface area contributed by atoms with Gasteiger partial charge in [0.15, 0.2) is 11.5 Å². The molecule has 1 aliphatic heterocycles. The summed E-state index contributed by atoms with van der Waals surface area (Å²) in [4.78, 5) is 26.1. The molecule has 0 unspecified atom stereocenters. The van der Waals surface area contributed by atoms with Gasteiger partial charge in [-0.05, 0) is 49.2 Å². The number of anilines is 3. The average Bonchev–Trinajstić information content (AvgIpc) is 3.07. The van der Waals surface area contributed by atoms with Gasteiger partial charge in [0, 0.05) is 24.3 Å². The zero-order valence-corrected chi connectivity index (χ0v) is 15.7. The van der Waals surface area contributed by atoms with Gasteiger partial charge in [-0.2, -0.15) is 0 Å². The Morgan fingerprint density at radius 2 is 1.93 bits per heavy atom. The Hall–Kier alpha value is -3.22. The zero-order valence-electron chi connectivity index (χ0n) is 15.7. The highest BCUT2D eigenvalue weighted by molar-refractivity contribution is 6.01. The Balaban J connectivity index is 1.72. The first-order chi connectivity index (χ1) is 13.0. The molecule has 7 heteroatoms. The predicted octanol–water partition coefficient (Wildman–Crippen LogP) is 3.78. The topological polar surface area (TPSA) is 79.9 Å². The average molecular weight is 369 g/mol. The number of aryl methyl sites for hydroxylation is 1. The number of benzene rings is 2. The van der Waals surface area contributed by atoms with Crippen LogP contribution >= 0.6 is 0 Å². The van der Waals surface area contributed by atoms with Crippen LogP contribution in [0.15, 0.2) is 36.4 Å². The summed E-state index contributed by atoms with van der Waals surface area (Å²) in [5, 5.41) is 5.56. The molecule has 0 radical (unpaired) electrons. The summed E-state index contributed by atoms with van der Waals surface area (Å²) in [7, 11) is 3.06. The summed E-state index contributed by atoms with van der Waals surface area (Å²) in [6.07, 6.45) is 1.47. The summed E-state index contributed by atoms with van der Waals surface area (Å²) in [6.45, 7) is 2.66. The smallest absolute Gasteiger partial charge is 0.323 e. The molecule has 7 nitrogen and oxygen atoms in total. The molecule has 0 spiro atoms. The number of nitrogens with one attached hydrogen (secondary N) is 2. The number of carbonyl (C=O) groups excluding carboxylic acids is 2. The van der Waals surface area contributed by atoms with Crippen molar-refractivity contribution in [1.29, 1.82) is 0 Å². The van der Waals surface area contributed by atoms with E-state index in [1.54, 1.807) is 29.2 Å². The number of hydrogen-bond donors (Lipinski definition) is 2. The highest BCUT2D eigenvalue weighted by Crippen LogP contribution is 2.35. The molecular weight excluding hydrogens is 346 g/mol. The SMILES string of the molecule is COc1cccc(NC(=O)Nc2ccc(N3CCCC3=O)c(C)c2)c1OC. The quantitative estimate of drug-likeness (QED) is 0.840. The summed E-state index contributed by atoms with van der Waals surface area (Å²) in [6, 6.07) is 10.4. The van der Waals surface area contributed by atoms with Crippen LogP contribution in [-0.2, 0) is 4.79 Å². The minimum Gasteiger partial charge on any atom is -0.493 e. The number of rotatable bonds is 5. The molecule has 0 atom stereocenters. The van der Waals surface area contributed by atoms with Crippen LogP contribution in [0, 0.1) is 6.92 Å². The lowest BCUT2D eigenvalue weighted by molar-refractivity contribution is -0.117. The molecule has 1 fully saturated rings. The molecule has 0 bridgehead atoms. The lowest BCUT2D eigenvalue weighted by Crippen LogP contribution is -2.24. The Bertz CT molecular complexity index is 866. The third-order valence-corrected chi connectivity index (χ3v) is 4.47. The van der Waals surface area contributed by atoms with Crippen molar-refractivity contribution in [2.24, 2.45) is 0 Å². The van der Waals surface area contributed by atoms with Gasteiger partial charge >= 0.3 is 6.03 Å². The molecule has 2 aromatic rings. The zero-order chi connectivity index (χ0) is 19.4. The minimum absolute atomic E-state index is 0.140. The molecule has 1 heterocycles. The Morgan fingerprint density at radius 3 is 2.56 bits per heavy atom. The number of nitrogens with zero attached hydrogens (tertiary/aromatic N) is 1. The standard InChI is InChI=1S/C20H23N3O4/c1-13-12-14(9-10-16(13)23-11-5-8-18(23)24)21-20(25)22-15-6-4-7-17(26-2)19(15)27-3/h4,6-7,9-10,12H,5,8,11H2,1-3H3,(H2,21,22,25). The number of amides is 3. The lowest BCUT2D eigenvalue weighted by Gasteiger charge is -2.19. The second-order valence-electron chi connectivity index (χ2n) is 6.27. The van der Waals surface area contributed by atoms with Gasteiger partial charge in [-0.3, -0.25) is 4.79 Å². The van der Waals surface area contributed by atoms with E-state index in [4.69, 9.17) is 9.47 Å². The number of ether oxygens (including phenoxy) is 2. The third-order valence-electron chi connectivity index (χ3n) is 4.47. The maximum absolute atomic E-state index is 12.4. The summed E-state index contributed by atoms with van der Waals surface area (Å²) in [5.41, 5.74) is 2.97. The van der Waals surface area contributed by atoms with E-state index in [0.29, 0.717) is 29.3 Å². The van der Waals surface area contributed by atoms with Gasteiger partial charge in [-0.1, -0.05) is 6.07 Å². The van der Waals surface area contributed by atoms with Crippen molar-refractivity contribution in [3.05, 3.63) is 42.0 Å². The first-order valence-corrected chi connectivity index (χ1v) is 8.73. The molecule has 0 saturated carbocycles. The molecular formula is C20H23N3O4. The molecule has 3 rings (SSSR count). The van der Waals surface area contributed by atoms with Crippen LogP contribution in [0.4, 0.5) is 21.9 Å². The molecule has 0 aromatic heterocycles. The van der Waals surface area contributed by atoms with E-state index in [2.05, 4.69) is 10.6 Å². The van der Waals surface area contributed by atoms with Gasteiger partial charge in [-0.25, -0.2) is 4.79 Å². The number of hydrogen-bond acceptors (Lipinski definition) is 4. The van der Waals surface area contributed by atoms with Crippen molar-refractivity contribution < 1.29 is 19.1 Å². The second-order valence-corrected chi connectivity index (χ2v) is 6.27. The normalized spacial score (nSPS) is 13.4. The van der Waals surface area contributed by atoms with E-state index < -0.39 is 6.03 Å². The van der Waals surface area contributed by atoms with E-state index in [1.165, 1.54) is 14.2 Å². The highest BCUT2D eigenvalue weighted by atomic mass is 16.5. The van der Waals surface area contributed by atoms with Crippen molar-refractivity contribution in [3.8, 4) is 11.5 Å². The fourth-order valence-corrected chi connectivity index (χ4v) is 3.21. The number of carbonyl (C=O) groups is 2. The fraction of sp³-hybridized carbons (Fsp3) is 0.300. The number of para-hydroxylation sites is 1. The van der Waals surface area contributed by atoms with Gasteiger partial charge in [-0.15, -0.1) is 0 Å². The van der Waals surface area contributed by atoms with Gasteiger partial charge < -0.3 is 25.0 Å². The second kappa shape index (κ2) is 7.99. The van der Waals surface area contributed by atoms with Crippen LogP contribution in [-0.4, -0.2) is 32.7 Å². The molecule has 27 heavy (non-hydrogen) atoms. The summed E-state index contributed by atoms with van der Waals surface area (Å²) in [5.74, 6) is 1.13. The molecule has 2 aromatic carbocycles. The monoisotopic (exact) mass is 369 g/mol. The fourth-order valence-electron chi connectivity index (χ4n) is 3.21. The van der Waals surface area contributed by atoms with Crippen molar-refractivity contribution in [2.75, 3.05) is 36.3 Å². The summed E-state index contributed by atoms with van der Waals surface area (Å²) >= 11 is 0. The van der Waals surface area contributed by atoms with Gasteiger partial charge in [0.05, 0.1) is 19.9 Å². The molecule has 1 saturated heterocycles. The molecule has 3 amide bonds. The minimum atomic E-state index is -0.397. The number of urea groups is 1. The van der Waals surface area contributed by atoms with Gasteiger partial charge in [0.2, 0.25) is 5.91 Å². The van der Waals surface area contributed by atoms with Gasteiger partial charge in [0.1, 0.15) is 0 Å². The van der Waals surface area contributed by atoms with E-state index >= 15 is 0 Å². The largest absolute Gasteiger partial charge is 0.493 e. The molecule has 2 N–H and O–H groups in total. The van der Waals surface area contributed by atoms with Crippen LogP contribution < -0.4 is 25.0 Å². The first kappa shape index (κ1) is 18.6. The van der Waals surface area contributed by atoms with Gasteiger partial charge in [0.25, 0.3) is 0 Å². The van der Waals surface area contributed by atoms with Crippen molar-refractivity contribution in [3.63, 3.8) is 0 Å². The lowest BCUT2D eigenvalue weighted by atomic mass is 10.1. The third kappa shape index (κ3) is 3.97. The van der Waals surface area contributed by atoms with Crippen LogP contribution in [0.3, 0.4) is 0 Å².